The number of nitrogens with one attached hydrogen (secondary N) is 1. The molecule has 0 radical (unpaired) electrons. The van der Waals surface area contributed by atoms with Gasteiger partial charge in [0, 0.05) is 18.9 Å². The second-order valence-electron chi connectivity index (χ2n) is 5.48. The minimum Gasteiger partial charge on any atom is -0.490 e. The van der Waals surface area contributed by atoms with Gasteiger partial charge in [-0.15, -0.1) is 11.8 Å². The lowest BCUT2D eigenvalue weighted by Gasteiger charge is -2.12. The number of thioether (sulfide) groups is 1. The lowest BCUT2D eigenvalue weighted by molar-refractivity contribution is -0.139. The second kappa shape index (κ2) is 10.9. The lowest BCUT2D eigenvalue weighted by Crippen LogP contribution is -2.19. The summed E-state index contributed by atoms with van der Waals surface area (Å²) in [6.07, 6.45) is 5.20. The lowest BCUT2D eigenvalue weighted by atomic mass is 10.2. The quantitative estimate of drug-likeness (QED) is 0.308. The fourth-order valence-corrected chi connectivity index (χ4v) is 2.76. The van der Waals surface area contributed by atoms with Gasteiger partial charge in [0.1, 0.15) is 25.0 Å². The predicted molar refractivity (Wildman–Crippen MR) is 105 cm³/mol. The minimum atomic E-state index is -0.672. The molecule has 140 valence electrons. The Labute approximate surface area is 163 Å². The van der Waals surface area contributed by atoms with E-state index in [4.69, 9.17) is 9.47 Å². The number of aromatic nitrogens is 1. The first-order chi connectivity index (χ1) is 13.2. The predicted octanol–water partition coefficient (Wildman–Crippen LogP) is 3.20. The fraction of sp³-hybridized carbons (Fsp3) is 0.250. The normalized spacial score (nSPS) is 11.1. The van der Waals surface area contributed by atoms with E-state index in [2.05, 4.69) is 10.3 Å². The molecule has 1 N–H and O–H groups in total. The summed E-state index contributed by atoms with van der Waals surface area (Å²) in [7, 11) is 0. The number of hydrogen-bond acceptors (Lipinski definition) is 7. The third kappa shape index (κ3) is 6.35. The summed E-state index contributed by atoms with van der Waals surface area (Å²) in [5.41, 5.74) is 1.90. The molecule has 0 saturated carbocycles. The van der Waals surface area contributed by atoms with Gasteiger partial charge in [0.15, 0.2) is 5.57 Å². The Bertz CT molecular complexity index is 832. The van der Waals surface area contributed by atoms with Crippen molar-refractivity contribution in [2.24, 2.45) is 0 Å². The van der Waals surface area contributed by atoms with Crippen LogP contribution in [-0.4, -0.2) is 30.4 Å². The zero-order chi connectivity index (χ0) is 19.5. The molecule has 0 fully saturated rings. The van der Waals surface area contributed by atoms with Crippen molar-refractivity contribution >= 4 is 17.7 Å². The highest BCUT2D eigenvalue weighted by Gasteiger charge is 2.17. The molecule has 27 heavy (non-hydrogen) atoms. The number of carbonyl (C=O) groups excluding carboxylic acids is 1. The van der Waals surface area contributed by atoms with E-state index in [1.54, 1.807) is 18.6 Å². The molecule has 1 aromatic carbocycles. The summed E-state index contributed by atoms with van der Waals surface area (Å²) >= 11 is 1.28. The summed E-state index contributed by atoms with van der Waals surface area (Å²) in [5, 5.41) is 12.9. The molecule has 0 bridgehead atoms. The van der Waals surface area contributed by atoms with Crippen LogP contribution in [0.2, 0.25) is 0 Å². The van der Waals surface area contributed by atoms with E-state index in [9.17, 15) is 10.1 Å². The third-order valence-electron chi connectivity index (χ3n) is 3.59. The molecule has 0 aliphatic rings. The molecule has 6 nitrogen and oxygen atoms in total. The Kier molecular flexibility index (Phi) is 8.20. The van der Waals surface area contributed by atoms with Crippen LogP contribution >= 0.6 is 11.8 Å². The molecule has 7 heteroatoms. The molecule has 2 aromatic rings. The van der Waals surface area contributed by atoms with Gasteiger partial charge in [-0.25, -0.2) is 4.79 Å². The van der Waals surface area contributed by atoms with Crippen molar-refractivity contribution in [2.45, 2.75) is 13.5 Å². The summed E-state index contributed by atoms with van der Waals surface area (Å²) in [6, 6.07) is 13.3. The van der Waals surface area contributed by atoms with Gasteiger partial charge in [-0.3, -0.25) is 4.98 Å². The standard InChI is InChI=1S/C20H21N3O3S/c1-15-6-3-4-8-18(15)25-10-11-26-20(24)17(12-21)19(27-2)23-14-16-7-5-9-22-13-16/h3-9,13,23H,10-11,14H2,1-2H3/b19-17+. The Morgan fingerprint density at radius 2 is 2.07 bits per heavy atom. The van der Waals surface area contributed by atoms with Crippen LogP contribution < -0.4 is 10.1 Å². The van der Waals surface area contributed by atoms with Gasteiger partial charge < -0.3 is 14.8 Å². The maximum atomic E-state index is 12.2. The molecular formula is C20H21N3O3S. The summed E-state index contributed by atoms with van der Waals surface area (Å²) in [4.78, 5) is 16.3. The molecule has 2 rings (SSSR count). The van der Waals surface area contributed by atoms with Crippen LogP contribution in [-0.2, 0) is 16.1 Å². The summed E-state index contributed by atoms with van der Waals surface area (Å²) in [5.74, 6) is 0.0708. The maximum absolute atomic E-state index is 12.2. The number of esters is 1. The van der Waals surface area contributed by atoms with Crippen molar-refractivity contribution in [3.63, 3.8) is 0 Å². The highest BCUT2D eigenvalue weighted by atomic mass is 32.2. The topological polar surface area (TPSA) is 84.2 Å². The van der Waals surface area contributed by atoms with Crippen molar-refractivity contribution in [1.29, 1.82) is 5.26 Å². The molecule has 0 atom stereocenters. The Balaban J connectivity index is 1.89. The van der Waals surface area contributed by atoms with Crippen LogP contribution in [0.5, 0.6) is 5.75 Å². The molecular weight excluding hydrogens is 362 g/mol. The van der Waals surface area contributed by atoms with Crippen molar-refractivity contribution in [1.82, 2.24) is 10.3 Å². The van der Waals surface area contributed by atoms with Gasteiger partial charge in [0.2, 0.25) is 0 Å². The average molecular weight is 383 g/mol. The number of aryl methyl sites for hydroxylation is 1. The first-order valence-electron chi connectivity index (χ1n) is 8.32. The first-order valence-corrected chi connectivity index (χ1v) is 9.55. The van der Waals surface area contributed by atoms with E-state index in [1.807, 2.05) is 49.4 Å². The van der Waals surface area contributed by atoms with Gasteiger partial charge in [-0.1, -0.05) is 24.3 Å². The largest absolute Gasteiger partial charge is 0.490 e. The van der Waals surface area contributed by atoms with Crippen molar-refractivity contribution in [3.05, 3.63) is 70.5 Å². The Morgan fingerprint density at radius 3 is 2.74 bits per heavy atom. The number of nitriles is 1. The molecule has 0 aliphatic carbocycles. The van der Waals surface area contributed by atoms with Gasteiger partial charge in [0.05, 0.1) is 5.03 Å². The van der Waals surface area contributed by atoms with E-state index in [0.29, 0.717) is 11.6 Å². The number of carbonyl (C=O) groups is 1. The Morgan fingerprint density at radius 1 is 1.26 bits per heavy atom. The van der Waals surface area contributed by atoms with Crippen LogP contribution in [0.4, 0.5) is 0 Å². The van der Waals surface area contributed by atoms with Crippen molar-refractivity contribution in [3.8, 4) is 11.8 Å². The number of hydrogen-bond donors (Lipinski definition) is 1. The molecule has 0 aliphatic heterocycles. The fourth-order valence-electron chi connectivity index (χ4n) is 2.21. The van der Waals surface area contributed by atoms with E-state index >= 15 is 0 Å². The van der Waals surface area contributed by atoms with E-state index in [0.717, 1.165) is 16.9 Å². The number of pyridine rings is 1. The molecule has 0 unspecified atom stereocenters. The third-order valence-corrected chi connectivity index (χ3v) is 4.35. The van der Waals surface area contributed by atoms with E-state index in [1.165, 1.54) is 11.8 Å². The zero-order valence-electron chi connectivity index (χ0n) is 15.3. The maximum Gasteiger partial charge on any atom is 0.351 e. The van der Waals surface area contributed by atoms with Gasteiger partial charge in [-0.2, -0.15) is 5.26 Å². The summed E-state index contributed by atoms with van der Waals surface area (Å²) < 4.78 is 10.8. The van der Waals surface area contributed by atoms with Crippen molar-refractivity contribution in [2.75, 3.05) is 19.5 Å². The molecule has 0 saturated heterocycles. The number of benzene rings is 1. The van der Waals surface area contributed by atoms with Gasteiger partial charge in [-0.05, 0) is 36.4 Å². The second-order valence-corrected chi connectivity index (χ2v) is 6.30. The van der Waals surface area contributed by atoms with Crippen LogP contribution in [0, 0.1) is 18.3 Å². The van der Waals surface area contributed by atoms with Crippen LogP contribution in [0.1, 0.15) is 11.1 Å². The highest BCUT2D eigenvalue weighted by molar-refractivity contribution is 8.02. The van der Waals surface area contributed by atoms with Gasteiger partial charge in [0.25, 0.3) is 0 Å². The zero-order valence-corrected chi connectivity index (χ0v) is 16.1. The number of ether oxygens (including phenoxy) is 2. The Hall–Kier alpha value is -2.98. The van der Waals surface area contributed by atoms with Crippen LogP contribution in [0.15, 0.2) is 59.4 Å². The SMILES string of the molecule is CS/C(NCc1cccnc1)=C(\C#N)C(=O)OCCOc1ccccc1C. The number of para-hydroxylation sites is 1. The monoisotopic (exact) mass is 383 g/mol. The summed E-state index contributed by atoms with van der Waals surface area (Å²) in [6.45, 7) is 2.67. The smallest absolute Gasteiger partial charge is 0.351 e. The number of rotatable bonds is 9. The molecule has 1 heterocycles. The van der Waals surface area contributed by atoms with Crippen molar-refractivity contribution < 1.29 is 14.3 Å². The van der Waals surface area contributed by atoms with Gasteiger partial charge >= 0.3 is 5.97 Å². The molecule has 1 aromatic heterocycles. The van der Waals surface area contributed by atoms with E-state index in [-0.39, 0.29) is 18.8 Å². The van der Waals surface area contributed by atoms with Crippen LogP contribution in [0.25, 0.3) is 0 Å². The first kappa shape index (κ1) is 20.3. The highest BCUT2D eigenvalue weighted by Crippen LogP contribution is 2.17. The molecule has 0 amide bonds. The number of nitrogens with zero attached hydrogens (tertiary/aromatic N) is 2. The molecule has 0 spiro atoms. The van der Waals surface area contributed by atoms with E-state index < -0.39 is 5.97 Å². The average Bonchev–Trinajstić information content (AvgIpc) is 2.70. The minimum absolute atomic E-state index is 0.0534. The van der Waals surface area contributed by atoms with Crippen LogP contribution in [0.3, 0.4) is 0 Å².